The summed E-state index contributed by atoms with van der Waals surface area (Å²) in [5, 5.41) is 23.2. The van der Waals surface area contributed by atoms with E-state index < -0.39 is 12.1 Å². The molecule has 0 spiro atoms. The number of amides is 1. The highest BCUT2D eigenvalue weighted by Crippen LogP contribution is 2.18. The van der Waals surface area contributed by atoms with E-state index >= 15 is 0 Å². The van der Waals surface area contributed by atoms with E-state index in [1.165, 1.54) is 315 Å². The molecule has 6 heteroatoms. The van der Waals surface area contributed by atoms with Gasteiger partial charge in [0.05, 0.1) is 25.4 Å². The lowest BCUT2D eigenvalue weighted by atomic mass is 10.0. The van der Waals surface area contributed by atoms with Crippen molar-refractivity contribution >= 4 is 11.9 Å². The van der Waals surface area contributed by atoms with Crippen molar-refractivity contribution in [1.29, 1.82) is 0 Å². The fourth-order valence-electron chi connectivity index (χ4n) is 10.7. The number of hydrogen-bond acceptors (Lipinski definition) is 5. The number of rotatable bonds is 64. The van der Waals surface area contributed by atoms with Gasteiger partial charge in [-0.15, -0.1) is 0 Å². The first-order chi connectivity index (χ1) is 37.0. The van der Waals surface area contributed by atoms with Crippen LogP contribution in [-0.2, 0) is 14.3 Å². The maximum atomic E-state index is 12.5. The largest absolute Gasteiger partial charge is 0.466 e. The van der Waals surface area contributed by atoms with Gasteiger partial charge in [-0.3, -0.25) is 9.59 Å². The van der Waals surface area contributed by atoms with Crippen LogP contribution in [-0.4, -0.2) is 47.4 Å². The first-order valence-corrected chi connectivity index (χ1v) is 34.1. The molecule has 444 valence electrons. The highest BCUT2D eigenvalue weighted by Gasteiger charge is 2.18. The average molecular weight is 1060 g/mol. The van der Waals surface area contributed by atoms with Crippen LogP contribution in [0.4, 0.5) is 0 Å². The average Bonchev–Trinajstić information content (AvgIpc) is 3.41. The lowest BCUT2D eigenvalue weighted by molar-refractivity contribution is -0.143. The molecule has 0 aromatic heterocycles. The molecule has 0 heterocycles. The van der Waals surface area contributed by atoms with Gasteiger partial charge in [0.25, 0.3) is 0 Å². The number of esters is 1. The van der Waals surface area contributed by atoms with Crippen molar-refractivity contribution in [3.05, 3.63) is 24.3 Å². The number of nitrogens with one attached hydrogen (secondary N) is 1. The summed E-state index contributed by atoms with van der Waals surface area (Å²) in [5.41, 5.74) is 0. The zero-order valence-electron chi connectivity index (χ0n) is 50.8. The van der Waals surface area contributed by atoms with Gasteiger partial charge < -0.3 is 20.3 Å². The Morgan fingerprint density at radius 2 is 0.627 bits per heavy atom. The predicted molar refractivity (Wildman–Crippen MR) is 329 cm³/mol. The summed E-state index contributed by atoms with van der Waals surface area (Å²) in [5.74, 6) is -0.0509. The molecule has 0 aliphatic rings. The molecule has 1 amide bonds. The lowest BCUT2D eigenvalue weighted by Gasteiger charge is -2.20. The van der Waals surface area contributed by atoms with Crippen molar-refractivity contribution in [3.8, 4) is 0 Å². The van der Waals surface area contributed by atoms with E-state index in [4.69, 9.17) is 4.74 Å². The van der Waals surface area contributed by atoms with Gasteiger partial charge in [0, 0.05) is 12.8 Å². The molecule has 2 unspecified atom stereocenters. The summed E-state index contributed by atoms with van der Waals surface area (Å²) in [6, 6.07) is -0.630. The molecular formula is C69H133NO5. The second kappa shape index (κ2) is 64.9. The quantitative estimate of drug-likeness (QED) is 0.0320. The SMILES string of the molecule is CCCCCCCCCCCCCCCC/C=C/C(O)C(CO)NC(=O)CCCCCCCCCCC/C=C\CCCCCCCCCCCCCCOC(=O)CCCCCCCCCCCCCCCCCCC. The number of allylic oxidation sites excluding steroid dienone is 3. The molecule has 0 aliphatic heterocycles. The van der Waals surface area contributed by atoms with Crippen LogP contribution in [0.5, 0.6) is 0 Å². The van der Waals surface area contributed by atoms with Gasteiger partial charge in [-0.25, -0.2) is 0 Å². The topological polar surface area (TPSA) is 95.9 Å². The lowest BCUT2D eigenvalue weighted by Crippen LogP contribution is -2.45. The molecule has 6 nitrogen and oxygen atoms in total. The maximum absolute atomic E-state index is 12.5. The van der Waals surface area contributed by atoms with E-state index in [1.54, 1.807) is 6.08 Å². The van der Waals surface area contributed by atoms with Crippen molar-refractivity contribution in [3.63, 3.8) is 0 Å². The number of hydrogen-bond donors (Lipinski definition) is 3. The number of aliphatic hydroxyl groups excluding tert-OH is 2. The zero-order valence-corrected chi connectivity index (χ0v) is 50.8. The van der Waals surface area contributed by atoms with Crippen LogP contribution >= 0.6 is 0 Å². The highest BCUT2D eigenvalue weighted by atomic mass is 16.5. The Bertz CT molecular complexity index is 1170. The second-order valence-electron chi connectivity index (χ2n) is 23.5. The molecule has 0 aromatic rings. The minimum absolute atomic E-state index is 0.0176. The molecule has 75 heavy (non-hydrogen) atoms. The van der Waals surface area contributed by atoms with Crippen LogP contribution in [0, 0.1) is 0 Å². The predicted octanol–water partition coefficient (Wildman–Crippen LogP) is 21.8. The molecule has 3 N–H and O–H groups in total. The van der Waals surface area contributed by atoms with Crippen LogP contribution in [0.25, 0.3) is 0 Å². The van der Waals surface area contributed by atoms with E-state index in [0.717, 1.165) is 38.5 Å². The highest BCUT2D eigenvalue weighted by molar-refractivity contribution is 5.76. The third-order valence-corrected chi connectivity index (χ3v) is 16.0. The van der Waals surface area contributed by atoms with Gasteiger partial charge in [-0.2, -0.15) is 0 Å². The van der Waals surface area contributed by atoms with Crippen LogP contribution in [0.15, 0.2) is 24.3 Å². The van der Waals surface area contributed by atoms with Crippen molar-refractivity contribution in [2.75, 3.05) is 13.2 Å². The van der Waals surface area contributed by atoms with Crippen LogP contribution in [0.2, 0.25) is 0 Å². The Kier molecular flexibility index (Phi) is 63.4. The fourth-order valence-corrected chi connectivity index (χ4v) is 10.7. The molecular weight excluding hydrogens is 923 g/mol. The summed E-state index contributed by atoms with van der Waals surface area (Å²) in [6.07, 6.45) is 81.0. The molecule has 0 bridgehead atoms. The number of unbranched alkanes of at least 4 members (excludes halogenated alkanes) is 51. The van der Waals surface area contributed by atoms with Crippen molar-refractivity contribution in [2.45, 2.75) is 392 Å². The molecule has 0 aliphatic carbocycles. The smallest absolute Gasteiger partial charge is 0.305 e. The Morgan fingerprint density at radius 1 is 0.360 bits per heavy atom. The Labute approximate surface area is 469 Å². The molecule has 0 aromatic carbocycles. The minimum atomic E-state index is -0.846. The summed E-state index contributed by atoms with van der Waals surface area (Å²) in [4.78, 5) is 24.6. The van der Waals surface area contributed by atoms with E-state index in [9.17, 15) is 19.8 Å². The second-order valence-corrected chi connectivity index (χ2v) is 23.5. The Hall–Kier alpha value is -1.66. The van der Waals surface area contributed by atoms with Crippen LogP contribution < -0.4 is 5.32 Å². The summed E-state index contributed by atoms with van der Waals surface area (Å²) in [7, 11) is 0. The number of aliphatic hydroxyl groups is 2. The van der Waals surface area contributed by atoms with Crippen molar-refractivity contribution in [1.82, 2.24) is 5.32 Å². The summed E-state index contributed by atoms with van der Waals surface area (Å²) in [6.45, 7) is 4.94. The maximum Gasteiger partial charge on any atom is 0.305 e. The zero-order chi connectivity index (χ0) is 54.3. The van der Waals surface area contributed by atoms with Crippen LogP contribution in [0.1, 0.15) is 380 Å². The molecule has 0 saturated carbocycles. The fraction of sp³-hybridized carbons (Fsp3) is 0.913. The van der Waals surface area contributed by atoms with Crippen LogP contribution in [0.3, 0.4) is 0 Å². The van der Waals surface area contributed by atoms with E-state index in [-0.39, 0.29) is 18.5 Å². The molecule has 0 radical (unpaired) electrons. The van der Waals surface area contributed by atoms with E-state index in [1.807, 2.05) is 6.08 Å². The van der Waals surface area contributed by atoms with Gasteiger partial charge in [-0.1, -0.05) is 334 Å². The standard InChI is InChI=1S/C69H133NO5/c1-3-5-7-9-11-13-15-17-19-30-35-39-43-47-51-55-59-63-69(74)75-64-60-56-52-48-44-40-36-32-29-27-25-23-21-22-24-26-28-31-34-38-42-46-50-54-58-62-68(73)70-66(65-71)67(72)61-57-53-49-45-41-37-33-20-18-16-14-12-10-8-6-4-2/h22,24,57,61,66-67,71-72H,3-21,23,25-56,58-60,62-65H2,1-2H3,(H,70,73)/b24-22-,61-57+. The molecule has 0 fully saturated rings. The van der Waals surface area contributed by atoms with Gasteiger partial charge in [0.2, 0.25) is 5.91 Å². The van der Waals surface area contributed by atoms with Gasteiger partial charge in [0.1, 0.15) is 0 Å². The summed E-state index contributed by atoms with van der Waals surface area (Å²) < 4.78 is 5.50. The summed E-state index contributed by atoms with van der Waals surface area (Å²) >= 11 is 0. The third-order valence-electron chi connectivity index (χ3n) is 16.0. The molecule has 0 saturated heterocycles. The van der Waals surface area contributed by atoms with Crippen molar-refractivity contribution < 1.29 is 24.5 Å². The number of carbonyl (C=O) groups is 2. The Morgan fingerprint density at radius 3 is 0.947 bits per heavy atom. The van der Waals surface area contributed by atoms with Gasteiger partial charge in [0.15, 0.2) is 0 Å². The Balaban J connectivity index is 3.39. The first-order valence-electron chi connectivity index (χ1n) is 34.1. The molecule has 0 rings (SSSR count). The van der Waals surface area contributed by atoms with Gasteiger partial charge in [-0.05, 0) is 57.8 Å². The monoisotopic (exact) mass is 1060 g/mol. The normalized spacial score (nSPS) is 12.6. The molecule has 2 atom stereocenters. The third kappa shape index (κ3) is 61.4. The van der Waals surface area contributed by atoms with Crippen molar-refractivity contribution in [2.24, 2.45) is 0 Å². The van der Waals surface area contributed by atoms with Gasteiger partial charge >= 0.3 is 5.97 Å². The van der Waals surface area contributed by atoms with E-state index in [2.05, 4.69) is 31.3 Å². The minimum Gasteiger partial charge on any atom is -0.466 e. The number of carbonyl (C=O) groups excluding carboxylic acids is 2. The first kappa shape index (κ1) is 73.3. The van der Waals surface area contributed by atoms with E-state index in [0.29, 0.717) is 19.4 Å². The number of ether oxygens (including phenoxy) is 1.